The van der Waals surface area contributed by atoms with Crippen molar-refractivity contribution in [1.29, 1.82) is 0 Å². The van der Waals surface area contributed by atoms with Crippen molar-refractivity contribution in [3.8, 4) is 0 Å². The summed E-state index contributed by atoms with van der Waals surface area (Å²) in [5, 5.41) is 8.18. The molecule has 9 nitrogen and oxygen atoms in total. The third-order valence-electron chi connectivity index (χ3n) is 5.47. The van der Waals surface area contributed by atoms with Crippen LogP contribution in [0, 0.1) is 0 Å². The molecule has 0 amide bonds. The zero-order valence-electron chi connectivity index (χ0n) is 18.9. The molecule has 0 aliphatic carbocycles. The zero-order chi connectivity index (χ0) is 22.6. The molecule has 3 heterocycles. The van der Waals surface area contributed by atoms with Gasteiger partial charge in [-0.3, -0.25) is 9.67 Å². The normalized spacial score (nSPS) is 12.5. The minimum absolute atomic E-state index is 0.0889. The van der Waals surface area contributed by atoms with Gasteiger partial charge in [0.1, 0.15) is 22.5 Å². The fourth-order valence-corrected chi connectivity index (χ4v) is 3.81. The maximum absolute atomic E-state index is 6.41. The highest BCUT2D eigenvalue weighted by molar-refractivity contribution is 6.74. The summed E-state index contributed by atoms with van der Waals surface area (Å²) >= 11 is 6.27. The summed E-state index contributed by atoms with van der Waals surface area (Å²) in [7, 11) is -1.97. The Labute approximate surface area is 188 Å². The Morgan fingerprint density at radius 2 is 1.97 bits per heavy atom. The molecule has 0 atom stereocenters. The molecule has 11 heteroatoms. The Morgan fingerprint density at radius 3 is 2.61 bits per heavy atom. The van der Waals surface area contributed by atoms with Gasteiger partial charge in [-0.05, 0) is 36.7 Å². The van der Waals surface area contributed by atoms with Crippen LogP contribution < -0.4 is 5.32 Å². The van der Waals surface area contributed by atoms with Crippen molar-refractivity contribution in [3.05, 3.63) is 29.6 Å². The Hall–Kier alpha value is -2.14. The van der Waals surface area contributed by atoms with Crippen LogP contribution in [0.15, 0.2) is 18.6 Å². The van der Waals surface area contributed by atoms with E-state index < -0.39 is 8.32 Å². The van der Waals surface area contributed by atoms with Gasteiger partial charge < -0.3 is 14.5 Å². The molecule has 3 aromatic heterocycles. The lowest BCUT2D eigenvalue weighted by atomic mass is 10.2. The van der Waals surface area contributed by atoms with Crippen molar-refractivity contribution in [2.24, 2.45) is 0 Å². The molecule has 0 saturated heterocycles. The van der Waals surface area contributed by atoms with Crippen LogP contribution in [0.3, 0.4) is 0 Å². The minimum Gasteiger partial charge on any atom is -0.411 e. The maximum Gasteiger partial charge on any atom is 0.225 e. The number of hydrogen-bond acceptors (Lipinski definition) is 8. The van der Waals surface area contributed by atoms with Gasteiger partial charge >= 0.3 is 0 Å². The van der Waals surface area contributed by atoms with E-state index >= 15 is 0 Å². The first kappa shape index (κ1) is 23.5. The predicted octanol–water partition coefficient (Wildman–Crippen LogP) is 4.57. The Kier molecular flexibility index (Phi) is 7.25. The summed E-state index contributed by atoms with van der Waals surface area (Å²) < 4.78 is 13.8. The molecule has 0 fully saturated rings. The van der Waals surface area contributed by atoms with Gasteiger partial charge in [0.05, 0.1) is 26.0 Å². The van der Waals surface area contributed by atoms with Crippen molar-refractivity contribution in [1.82, 2.24) is 29.7 Å². The second kappa shape index (κ2) is 9.56. The number of hydrogen-bond donors (Lipinski definition) is 1. The molecule has 3 aromatic rings. The summed E-state index contributed by atoms with van der Waals surface area (Å²) in [6.45, 7) is 15.1. The van der Waals surface area contributed by atoms with E-state index in [1.54, 1.807) is 18.6 Å². The second-order valence-electron chi connectivity index (χ2n) is 8.67. The zero-order valence-corrected chi connectivity index (χ0v) is 20.7. The third-order valence-corrected chi connectivity index (χ3v) is 10.1. The van der Waals surface area contributed by atoms with Gasteiger partial charge in [-0.1, -0.05) is 20.8 Å². The molecule has 0 spiro atoms. The third kappa shape index (κ3) is 5.56. The lowest BCUT2D eigenvalue weighted by Crippen LogP contribution is -2.40. The van der Waals surface area contributed by atoms with Crippen molar-refractivity contribution in [2.75, 3.05) is 18.5 Å². The largest absolute Gasteiger partial charge is 0.411 e. The van der Waals surface area contributed by atoms with E-state index in [0.29, 0.717) is 43.5 Å². The molecule has 1 N–H and O–H groups in total. The highest BCUT2D eigenvalue weighted by Gasteiger charge is 2.37. The highest BCUT2D eigenvalue weighted by atomic mass is 35.5. The number of nitrogens with zero attached hydrogens (tertiary/aromatic N) is 6. The smallest absolute Gasteiger partial charge is 0.225 e. The number of anilines is 2. The molecule has 0 aliphatic rings. The first-order valence-corrected chi connectivity index (χ1v) is 13.6. The van der Waals surface area contributed by atoms with Crippen LogP contribution in [-0.2, 0) is 22.3 Å². The molecule has 168 valence electrons. The fraction of sp³-hybridized carbons (Fsp3) is 0.550. The summed E-state index contributed by atoms with van der Waals surface area (Å²) in [5.41, 5.74) is 2.10. The summed E-state index contributed by atoms with van der Waals surface area (Å²) in [4.78, 5) is 17.2. The molecule has 0 bridgehead atoms. The lowest BCUT2D eigenvalue weighted by Gasteiger charge is -2.35. The van der Waals surface area contributed by atoms with Gasteiger partial charge in [0.15, 0.2) is 14.1 Å². The first-order chi connectivity index (χ1) is 14.6. The number of ether oxygens (including phenoxy) is 1. The molecule has 0 aromatic carbocycles. The van der Waals surface area contributed by atoms with Crippen molar-refractivity contribution < 1.29 is 9.16 Å². The number of halogens is 1. The van der Waals surface area contributed by atoms with Gasteiger partial charge in [-0.25, -0.2) is 9.97 Å². The Balaban J connectivity index is 2.02. The summed E-state index contributed by atoms with van der Waals surface area (Å²) in [6, 6.07) is 0. The van der Waals surface area contributed by atoms with E-state index in [4.69, 9.17) is 25.9 Å². The van der Waals surface area contributed by atoms with E-state index in [2.05, 4.69) is 59.1 Å². The highest BCUT2D eigenvalue weighted by Crippen LogP contribution is 2.37. The molecule has 0 saturated carbocycles. The fourth-order valence-electron chi connectivity index (χ4n) is 2.71. The van der Waals surface area contributed by atoms with Gasteiger partial charge in [0.25, 0.3) is 0 Å². The number of nitrogens with one attached hydrogen (secondary N) is 1. The van der Waals surface area contributed by atoms with Gasteiger partial charge in [-0.2, -0.15) is 10.1 Å². The average Bonchev–Trinajstić information content (AvgIpc) is 3.04. The average molecular weight is 464 g/mol. The van der Waals surface area contributed by atoms with E-state index in [-0.39, 0.29) is 10.3 Å². The van der Waals surface area contributed by atoms with Crippen LogP contribution in [0.25, 0.3) is 11.0 Å². The topological polar surface area (TPSA) is 99.9 Å². The molecule has 0 radical (unpaired) electrons. The van der Waals surface area contributed by atoms with Crippen LogP contribution in [0.5, 0.6) is 0 Å². The van der Waals surface area contributed by atoms with Crippen LogP contribution in [0.4, 0.5) is 11.6 Å². The van der Waals surface area contributed by atoms with Crippen LogP contribution >= 0.6 is 11.6 Å². The standard InChI is InChI=1S/C20H30ClN7O2Si/c1-7-29-11-10-28-17-16(14(27-28)13-30-31(5,6)20(2,3)4)25-19(21)26-18(17)24-15-12-22-8-9-23-15/h8-9,12H,7,10-11,13H2,1-6H3,(H,23,24,25,26). The van der Waals surface area contributed by atoms with E-state index in [1.165, 1.54) is 0 Å². The number of rotatable bonds is 9. The van der Waals surface area contributed by atoms with Gasteiger partial charge in [0, 0.05) is 19.0 Å². The first-order valence-electron chi connectivity index (χ1n) is 10.3. The quantitative estimate of drug-likeness (QED) is 0.280. The maximum atomic E-state index is 6.41. The number of aromatic nitrogens is 6. The van der Waals surface area contributed by atoms with Crippen molar-refractivity contribution in [2.45, 2.75) is 59.0 Å². The monoisotopic (exact) mass is 463 g/mol. The Morgan fingerprint density at radius 1 is 1.19 bits per heavy atom. The Bertz CT molecular complexity index is 1020. The van der Waals surface area contributed by atoms with E-state index in [1.807, 2.05) is 11.6 Å². The number of fused-ring (bicyclic) bond motifs is 1. The summed E-state index contributed by atoms with van der Waals surface area (Å²) in [6.07, 6.45) is 4.83. The van der Waals surface area contributed by atoms with Crippen molar-refractivity contribution in [3.63, 3.8) is 0 Å². The van der Waals surface area contributed by atoms with Gasteiger partial charge in [-0.15, -0.1) is 0 Å². The lowest BCUT2D eigenvalue weighted by molar-refractivity contribution is 0.137. The van der Waals surface area contributed by atoms with Crippen LogP contribution in [0.1, 0.15) is 33.4 Å². The molecular weight excluding hydrogens is 434 g/mol. The van der Waals surface area contributed by atoms with Gasteiger partial charge in [0.2, 0.25) is 5.28 Å². The van der Waals surface area contributed by atoms with Crippen LogP contribution in [0.2, 0.25) is 23.4 Å². The second-order valence-corrected chi connectivity index (χ2v) is 13.8. The van der Waals surface area contributed by atoms with Crippen LogP contribution in [-0.4, -0.2) is 51.2 Å². The molecular formula is C20H30ClN7O2Si. The summed E-state index contributed by atoms with van der Waals surface area (Å²) in [5.74, 6) is 1.06. The SMILES string of the molecule is CCOCCn1nc(CO[Si](C)(C)C(C)(C)C)c2nc(Cl)nc(Nc3cnccn3)c21. The predicted molar refractivity (Wildman–Crippen MR) is 124 cm³/mol. The van der Waals surface area contributed by atoms with E-state index in [0.717, 1.165) is 11.2 Å². The molecule has 0 unspecified atom stereocenters. The molecule has 3 rings (SSSR count). The molecule has 31 heavy (non-hydrogen) atoms. The van der Waals surface area contributed by atoms with Crippen molar-refractivity contribution >= 4 is 42.6 Å². The molecule has 0 aliphatic heterocycles. The minimum atomic E-state index is -1.97. The van der Waals surface area contributed by atoms with E-state index in [9.17, 15) is 0 Å².